The molecule has 2 aromatic carbocycles. The van der Waals surface area contributed by atoms with Crippen molar-refractivity contribution in [2.45, 2.75) is 45.8 Å². The van der Waals surface area contributed by atoms with E-state index in [1.165, 1.54) is 23.1 Å². The Morgan fingerprint density at radius 2 is 1.48 bits per heavy atom. The van der Waals surface area contributed by atoms with Crippen LogP contribution >= 0.6 is 34.8 Å². The summed E-state index contributed by atoms with van der Waals surface area (Å²) < 4.78 is 14.2. The molecular formula is C21H22Cl3FN2O2. The van der Waals surface area contributed by atoms with E-state index in [0.29, 0.717) is 15.6 Å². The van der Waals surface area contributed by atoms with Crippen LogP contribution in [0.4, 0.5) is 4.39 Å². The number of carbonyl (C=O) groups is 2. The number of nitrogens with one attached hydrogen (secondary N) is 1. The maximum Gasteiger partial charge on any atom is 0.242 e. The normalized spacial score (nSPS) is 12.0. The van der Waals surface area contributed by atoms with Crippen molar-refractivity contribution in [3.05, 3.63) is 68.4 Å². The average molecular weight is 460 g/mol. The molecule has 0 aliphatic carbocycles. The molecule has 1 unspecified atom stereocenters. The van der Waals surface area contributed by atoms with Gasteiger partial charge in [-0.1, -0.05) is 46.9 Å². The maximum atomic E-state index is 14.2. The van der Waals surface area contributed by atoms with Crippen LogP contribution in [0.15, 0.2) is 36.4 Å². The number of halogens is 4. The van der Waals surface area contributed by atoms with E-state index in [1.54, 1.807) is 25.1 Å². The standard InChI is InChI=1S/C21H22Cl3FN2O2/c1-12(2)26-21(29)13(3)27(11-15-17(23)6-4-7-18(15)24)20(28)10-14-16(22)8-5-9-19(14)25/h4-9,12-13H,10-11H2,1-3H3,(H,26,29). The van der Waals surface area contributed by atoms with Crippen molar-refractivity contribution in [2.24, 2.45) is 0 Å². The molecule has 4 nitrogen and oxygen atoms in total. The molecule has 2 rings (SSSR count). The molecule has 1 N–H and O–H groups in total. The van der Waals surface area contributed by atoms with E-state index in [4.69, 9.17) is 34.8 Å². The number of hydrogen-bond donors (Lipinski definition) is 1. The lowest BCUT2D eigenvalue weighted by molar-refractivity contribution is -0.140. The van der Waals surface area contributed by atoms with E-state index in [1.807, 2.05) is 13.8 Å². The Hall–Kier alpha value is -1.82. The maximum absolute atomic E-state index is 14.2. The van der Waals surface area contributed by atoms with Crippen LogP contribution in [0.25, 0.3) is 0 Å². The summed E-state index contributed by atoms with van der Waals surface area (Å²) >= 11 is 18.6. The van der Waals surface area contributed by atoms with E-state index >= 15 is 0 Å². The fourth-order valence-electron chi connectivity index (χ4n) is 2.80. The Kier molecular flexibility index (Phi) is 8.32. The van der Waals surface area contributed by atoms with Gasteiger partial charge in [0.1, 0.15) is 11.9 Å². The Morgan fingerprint density at radius 1 is 0.966 bits per heavy atom. The van der Waals surface area contributed by atoms with Crippen LogP contribution in [0.5, 0.6) is 0 Å². The van der Waals surface area contributed by atoms with Gasteiger partial charge in [0, 0.05) is 38.8 Å². The summed E-state index contributed by atoms with van der Waals surface area (Å²) in [5, 5.41) is 3.67. The number of nitrogens with zero attached hydrogens (tertiary/aromatic N) is 1. The van der Waals surface area contributed by atoms with E-state index < -0.39 is 17.8 Å². The minimum absolute atomic E-state index is 0.00388. The first-order valence-electron chi connectivity index (χ1n) is 9.07. The highest BCUT2D eigenvalue weighted by atomic mass is 35.5. The summed E-state index contributed by atoms with van der Waals surface area (Å²) in [6.07, 6.45) is -0.299. The van der Waals surface area contributed by atoms with Gasteiger partial charge in [0.2, 0.25) is 11.8 Å². The van der Waals surface area contributed by atoms with Crippen molar-refractivity contribution in [2.75, 3.05) is 0 Å². The van der Waals surface area contributed by atoms with Gasteiger partial charge < -0.3 is 10.2 Å². The molecule has 0 saturated heterocycles. The number of benzene rings is 2. The van der Waals surface area contributed by atoms with Gasteiger partial charge in [0.05, 0.1) is 6.42 Å². The van der Waals surface area contributed by atoms with Gasteiger partial charge in [-0.2, -0.15) is 0 Å². The number of carbonyl (C=O) groups excluding carboxylic acids is 2. The van der Waals surface area contributed by atoms with Gasteiger partial charge in [0.25, 0.3) is 0 Å². The van der Waals surface area contributed by atoms with Crippen LogP contribution in [-0.4, -0.2) is 28.8 Å². The molecule has 8 heteroatoms. The van der Waals surface area contributed by atoms with Crippen molar-refractivity contribution < 1.29 is 14.0 Å². The Labute approximate surface area is 184 Å². The fraction of sp³-hybridized carbons (Fsp3) is 0.333. The van der Waals surface area contributed by atoms with E-state index in [-0.39, 0.29) is 35.5 Å². The van der Waals surface area contributed by atoms with Crippen molar-refractivity contribution in [1.82, 2.24) is 10.2 Å². The van der Waals surface area contributed by atoms with E-state index in [0.717, 1.165) is 0 Å². The second-order valence-corrected chi connectivity index (χ2v) is 8.16. The molecule has 0 spiro atoms. The molecule has 2 amide bonds. The number of hydrogen-bond acceptors (Lipinski definition) is 2. The topological polar surface area (TPSA) is 49.4 Å². The molecule has 0 fully saturated rings. The van der Waals surface area contributed by atoms with Crippen LogP contribution in [0.2, 0.25) is 15.1 Å². The summed E-state index contributed by atoms with van der Waals surface area (Å²) in [5.74, 6) is -1.39. The minimum atomic E-state index is -0.831. The molecule has 29 heavy (non-hydrogen) atoms. The fourth-order valence-corrected chi connectivity index (χ4v) is 3.54. The summed E-state index contributed by atoms with van der Waals surface area (Å²) in [5.41, 5.74) is 0.582. The van der Waals surface area contributed by atoms with E-state index in [2.05, 4.69) is 5.32 Å². The smallest absolute Gasteiger partial charge is 0.242 e. The Morgan fingerprint density at radius 3 is 2.00 bits per heavy atom. The highest BCUT2D eigenvalue weighted by Crippen LogP contribution is 2.27. The highest BCUT2D eigenvalue weighted by molar-refractivity contribution is 6.36. The van der Waals surface area contributed by atoms with Crippen molar-refractivity contribution in [3.8, 4) is 0 Å². The van der Waals surface area contributed by atoms with Gasteiger partial charge in [-0.25, -0.2) is 4.39 Å². The second kappa shape index (κ2) is 10.3. The van der Waals surface area contributed by atoms with Gasteiger partial charge in [-0.3, -0.25) is 9.59 Å². The first kappa shape index (κ1) is 23.5. The molecule has 0 saturated carbocycles. The lowest BCUT2D eigenvalue weighted by Crippen LogP contribution is -2.49. The predicted molar refractivity (Wildman–Crippen MR) is 115 cm³/mol. The zero-order valence-electron chi connectivity index (χ0n) is 16.3. The highest BCUT2D eigenvalue weighted by Gasteiger charge is 2.28. The van der Waals surface area contributed by atoms with Crippen LogP contribution in [0, 0.1) is 5.82 Å². The summed E-state index contributed by atoms with van der Waals surface area (Å²) in [6, 6.07) is 8.26. The number of rotatable bonds is 7. The van der Waals surface area contributed by atoms with Gasteiger partial charge in [-0.15, -0.1) is 0 Å². The zero-order chi connectivity index (χ0) is 21.7. The molecular weight excluding hydrogens is 438 g/mol. The molecule has 2 aromatic rings. The van der Waals surface area contributed by atoms with Crippen molar-refractivity contribution >= 4 is 46.6 Å². The molecule has 0 aromatic heterocycles. The first-order chi connectivity index (χ1) is 13.6. The van der Waals surface area contributed by atoms with Crippen LogP contribution in [-0.2, 0) is 22.6 Å². The summed E-state index contributed by atoms with van der Waals surface area (Å²) in [7, 11) is 0. The van der Waals surface area contributed by atoms with E-state index in [9.17, 15) is 14.0 Å². The second-order valence-electron chi connectivity index (χ2n) is 6.94. The number of amides is 2. The third kappa shape index (κ3) is 6.08. The van der Waals surface area contributed by atoms with Gasteiger partial charge >= 0.3 is 0 Å². The largest absolute Gasteiger partial charge is 0.352 e. The lowest BCUT2D eigenvalue weighted by Gasteiger charge is -2.30. The molecule has 0 radical (unpaired) electrons. The molecule has 0 aliphatic rings. The zero-order valence-corrected chi connectivity index (χ0v) is 18.6. The molecule has 156 valence electrons. The molecule has 0 heterocycles. The lowest BCUT2D eigenvalue weighted by atomic mass is 10.1. The Bertz CT molecular complexity index is 865. The van der Waals surface area contributed by atoms with Crippen LogP contribution < -0.4 is 5.32 Å². The molecule has 1 atom stereocenters. The third-order valence-corrected chi connectivity index (χ3v) is 5.44. The quantitative estimate of drug-likeness (QED) is 0.613. The Balaban J connectivity index is 2.38. The third-order valence-electron chi connectivity index (χ3n) is 4.38. The molecule has 0 bridgehead atoms. The molecule has 0 aliphatic heterocycles. The SMILES string of the molecule is CC(C)NC(=O)C(C)N(Cc1c(Cl)cccc1Cl)C(=O)Cc1c(F)cccc1Cl. The average Bonchev–Trinajstić information content (AvgIpc) is 2.63. The van der Waals surface area contributed by atoms with Crippen LogP contribution in [0.3, 0.4) is 0 Å². The van der Waals surface area contributed by atoms with Gasteiger partial charge in [0.15, 0.2) is 0 Å². The summed E-state index contributed by atoms with van der Waals surface area (Å²) in [6.45, 7) is 5.24. The minimum Gasteiger partial charge on any atom is -0.352 e. The van der Waals surface area contributed by atoms with Gasteiger partial charge in [-0.05, 0) is 45.0 Å². The summed E-state index contributed by atoms with van der Waals surface area (Å²) in [4.78, 5) is 27.0. The predicted octanol–water partition coefficient (Wildman–Crippen LogP) is 5.27. The van der Waals surface area contributed by atoms with Crippen molar-refractivity contribution in [3.63, 3.8) is 0 Å². The first-order valence-corrected chi connectivity index (χ1v) is 10.2. The van der Waals surface area contributed by atoms with Crippen molar-refractivity contribution in [1.29, 1.82) is 0 Å². The monoisotopic (exact) mass is 458 g/mol. The van der Waals surface area contributed by atoms with Crippen LogP contribution in [0.1, 0.15) is 31.9 Å².